The number of esters is 2. The van der Waals surface area contributed by atoms with E-state index >= 15 is 0 Å². The van der Waals surface area contributed by atoms with Gasteiger partial charge in [0.15, 0.2) is 5.41 Å². The highest BCUT2D eigenvalue weighted by molar-refractivity contribution is 6.08. The van der Waals surface area contributed by atoms with Crippen molar-refractivity contribution < 1.29 is 19.1 Å². The topological polar surface area (TPSA) is 52.6 Å². The molecule has 2 aliphatic rings. The lowest BCUT2D eigenvalue weighted by Crippen LogP contribution is -2.29. The van der Waals surface area contributed by atoms with Crippen molar-refractivity contribution in [3.63, 3.8) is 0 Å². The lowest BCUT2D eigenvalue weighted by Gasteiger charge is -2.17. The largest absolute Gasteiger partial charge is 0.465 e. The van der Waals surface area contributed by atoms with Gasteiger partial charge in [-0.2, -0.15) is 0 Å². The van der Waals surface area contributed by atoms with Gasteiger partial charge in [0.2, 0.25) is 0 Å². The maximum Gasteiger partial charge on any atom is 0.325 e. The lowest BCUT2D eigenvalue weighted by molar-refractivity contribution is -0.161. The number of carbonyl (C=O) groups is 2. The van der Waals surface area contributed by atoms with Crippen molar-refractivity contribution in [3.05, 3.63) is 71.8 Å². The van der Waals surface area contributed by atoms with Crippen LogP contribution >= 0.6 is 0 Å². The quantitative estimate of drug-likeness (QED) is 0.640. The van der Waals surface area contributed by atoms with Crippen LogP contribution < -0.4 is 0 Å². The van der Waals surface area contributed by atoms with Crippen molar-refractivity contribution in [1.82, 2.24) is 0 Å². The number of cyclic esters (lactones) is 1. The van der Waals surface area contributed by atoms with E-state index in [1.54, 1.807) is 6.92 Å². The van der Waals surface area contributed by atoms with Gasteiger partial charge in [0.1, 0.15) is 6.10 Å². The molecule has 0 bridgehead atoms. The molecule has 2 aromatic carbocycles. The number of rotatable bonds is 4. The SMILES string of the molecule is CCOC(=O)[C@@]12C(=O)O[C@@H](c3ccccc3)[C@@H]1[C@H]2c1ccccc1. The van der Waals surface area contributed by atoms with Crippen molar-refractivity contribution in [1.29, 1.82) is 0 Å². The van der Waals surface area contributed by atoms with Crippen LogP contribution in [0, 0.1) is 11.3 Å². The van der Waals surface area contributed by atoms with Crippen molar-refractivity contribution in [2.24, 2.45) is 11.3 Å². The van der Waals surface area contributed by atoms with E-state index in [2.05, 4.69) is 0 Å². The summed E-state index contributed by atoms with van der Waals surface area (Å²) < 4.78 is 10.8. The van der Waals surface area contributed by atoms with Crippen molar-refractivity contribution >= 4 is 11.9 Å². The molecule has 1 aliphatic heterocycles. The first-order valence-electron chi connectivity index (χ1n) is 8.19. The van der Waals surface area contributed by atoms with Crippen molar-refractivity contribution in [2.45, 2.75) is 18.9 Å². The minimum Gasteiger partial charge on any atom is -0.465 e. The Hall–Kier alpha value is -2.62. The highest BCUT2D eigenvalue weighted by atomic mass is 16.6. The first-order valence-corrected chi connectivity index (χ1v) is 8.19. The van der Waals surface area contributed by atoms with Gasteiger partial charge in [0.25, 0.3) is 0 Å². The van der Waals surface area contributed by atoms with Crippen LogP contribution in [0.5, 0.6) is 0 Å². The molecule has 24 heavy (non-hydrogen) atoms. The smallest absolute Gasteiger partial charge is 0.325 e. The normalized spacial score (nSPS) is 30.4. The lowest BCUT2D eigenvalue weighted by atomic mass is 9.99. The zero-order valence-electron chi connectivity index (χ0n) is 13.3. The standard InChI is InChI=1S/C20H18O4/c1-2-23-18(21)20-15(13-9-5-3-6-10-13)16(20)17(24-19(20)22)14-11-7-4-8-12-14/h3-12,15-17H,2H2,1H3/t15-,16+,17+,20+/m1/s1. The van der Waals surface area contributed by atoms with Crippen molar-refractivity contribution in [3.8, 4) is 0 Å². The zero-order chi connectivity index (χ0) is 16.7. The molecule has 0 N–H and O–H groups in total. The Morgan fingerprint density at radius 2 is 1.62 bits per heavy atom. The summed E-state index contributed by atoms with van der Waals surface area (Å²) in [6.07, 6.45) is -0.409. The monoisotopic (exact) mass is 322 g/mol. The number of benzene rings is 2. The average Bonchev–Trinajstić information content (AvgIpc) is 3.23. The predicted molar refractivity (Wildman–Crippen MR) is 87.0 cm³/mol. The molecule has 0 spiro atoms. The molecule has 4 rings (SSSR count). The van der Waals surface area contributed by atoms with Crippen LogP contribution in [0.15, 0.2) is 60.7 Å². The maximum absolute atomic E-state index is 12.7. The molecule has 0 radical (unpaired) electrons. The van der Waals surface area contributed by atoms with Crippen LogP contribution in [0.25, 0.3) is 0 Å². The highest BCUT2D eigenvalue weighted by Gasteiger charge is 2.83. The third-order valence-electron chi connectivity index (χ3n) is 5.06. The molecule has 2 aromatic rings. The fourth-order valence-corrected chi connectivity index (χ4v) is 4.02. The first-order chi connectivity index (χ1) is 11.7. The van der Waals surface area contributed by atoms with Gasteiger partial charge in [-0.05, 0) is 18.1 Å². The van der Waals surface area contributed by atoms with Gasteiger partial charge in [0.05, 0.1) is 6.61 Å². The van der Waals surface area contributed by atoms with E-state index in [4.69, 9.17) is 9.47 Å². The van der Waals surface area contributed by atoms with Crippen molar-refractivity contribution in [2.75, 3.05) is 6.61 Å². The Morgan fingerprint density at radius 3 is 2.21 bits per heavy atom. The predicted octanol–water partition coefficient (Wildman–Crippen LogP) is 3.25. The molecule has 0 aromatic heterocycles. The molecule has 4 nitrogen and oxygen atoms in total. The third-order valence-corrected chi connectivity index (χ3v) is 5.06. The second-order valence-electron chi connectivity index (χ2n) is 6.24. The van der Waals surface area contributed by atoms with Gasteiger partial charge in [-0.3, -0.25) is 9.59 Å². The second-order valence-corrected chi connectivity index (χ2v) is 6.24. The van der Waals surface area contributed by atoms with Crippen LogP contribution in [-0.4, -0.2) is 18.5 Å². The molecule has 4 heteroatoms. The Bertz CT molecular complexity index is 771. The minimum atomic E-state index is -1.20. The Morgan fingerprint density at radius 1 is 1.04 bits per heavy atom. The summed E-state index contributed by atoms with van der Waals surface area (Å²) in [5, 5.41) is 0. The van der Waals surface area contributed by atoms with Crippen LogP contribution in [0.2, 0.25) is 0 Å². The van der Waals surface area contributed by atoms with E-state index in [9.17, 15) is 9.59 Å². The van der Waals surface area contributed by atoms with Gasteiger partial charge in [-0.1, -0.05) is 60.7 Å². The molecule has 1 aliphatic carbocycles. The molecule has 0 amide bonds. The molecule has 0 unspecified atom stereocenters. The molecule has 2 fully saturated rings. The summed E-state index contributed by atoms with van der Waals surface area (Å²) in [7, 11) is 0. The molecule has 1 saturated heterocycles. The Balaban J connectivity index is 1.77. The molecular formula is C20H18O4. The van der Waals surface area contributed by atoms with Crippen LogP contribution in [0.4, 0.5) is 0 Å². The summed E-state index contributed by atoms with van der Waals surface area (Å²) in [6.45, 7) is 2.00. The molecule has 4 atom stereocenters. The summed E-state index contributed by atoms with van der Waals surface area (Å²) in [5.41, 5.74) is 0.700. The molecule has 122 valence electrons. The maximum atomic E-state index is 12.7. The average molecular weight is 322 g/mol. The zero-order valence-corrected chi connectivity index (χ0v) is 13.3. The van der Waals surface area contributed by atoms with Crippen LogP contribution in [-0.2, 0) is 19.1 Å². The van der Waals surface area contributed by atoms with Gasteiger partial charge in [-0.15, -0.1) is 0 Å². The highest BCUT2D eigenvalue weighted by Crippen LogP contribution is 2.74. The summed E-state index contributed by atoms with van der Waals surface area (Å²) in [4.78, 5) is 25.4. The number of hydrogen-bond acceptors (Lipinski definition) is 4. The Labute approximate surface area is 140 Å². The number of ether oxygens (including phenoxy) is 2. The minimum absolute atomic E-state index is 0.191. The van der Waals surface area contributed by atoms with Crippen LogP contribution in [0.1, 0.15) is 30.1 Å². The van der Waals surface area contributed by atoms with Gasteiger partial charge >= 0.3 is 11.9 Å². The van der Waals surface area contributed by atoms with Gasteiger partial charge in [0, 0.05) is 11.8 Å². The second kappa shape index (κ2) is 5.48. The van der Waals surface area contributed by atoms with Crippen LogP contribution in [0.3, 0.4) is 0 Å². The van der Waals surface area contributed by atoms with Gasteiger partial charge < -0.3 is 9.47 Å². The summed E-state index contributed by atoms with van der Waals surface area (Å²) in [5.74, 6) is -1.33. The number of fused-ring (bicyclic) bond motifs is 1. The molecular weight excluding hydrogens is 304 g/mol. The van der Waals surface area contributed by atoms with Gasteiger partial charge in [-0.25, -0.2) is 0 Å². The molecule has 1 saturated carbocycles. The van der Waals surface area contributed by atoms with E-state index in [-0.39, 0.29) is 18.4 Å². The fourth-order valence-electron chi connectivity index (χ4n) is 4.02. The van der Waals surface area contributed by atoms with E-state index < -0.39 is 23.5 Å². The van der Waals surface area contributed by atoms with E-state index in [0.717, 1.165) is 11.1 Å². The Kier molecular flexibility index (Phi) is 3.41. The first kappa shape index (κ1) is 14.9. The van der Waals surface area contributed by atoms with E-state index in [1.807, 2.05) is 60.7 Å². The van der Waals surface area contributed by atoms with E-state index in [0.29, 0.717) is 0 Å². The number of carbonyl (C=O) groups excluding carboxylic acids is 2. The fraction of sp³-hybridized carbons (Fsp3) is 0.300. The third kappa shape index (κ3) is 1.92. The van der Waals surface area contributed by atoms with E-state index in [1.165, 1.54) is 0 Å². The summed E-state index contributed by atoms with van der Waals surface area (Å²) >= 11 is 0. The number of hydrogen-bond donors (Lipinski definition) is 0. The summed E-state index contributed by atoms with van der Waals surface area (Å²) in [6, 6.07) is 19.3. The molecule has 1 heterocycles.